The van der Waals surface area contributed by atoms with Crippen molar-refractivity contribution in [3.63, 3.8) is 0 Å². The minimum atomic E-state index is -0.380. The van der Waals surface area contributed by atoms with E-state index < -0.39 is 0 Å². The third-order valence-corrected chi connectivity index (χ3v) is 10.7. The summed E-state index contributed by atoms with van der Waals surface area (Å²) >= 11 is 5.80. The lowest BCUT2D eigenvalue weighted by molar-refractivity contribution is 0.562. The van der Waals surface area contributed by atoms with Gasteiger partial charge in [-0.05, 0) is 71.5 Å². The van der Waals surface area contributed by atoms with Crippen LogP contribution in [0.1, 0.15) is 33.8 Å². The summed E-state index contributed by atoms with van der Waals surface area (Å²) in [5.41, 5.74) is 9.69. The highest BCUT2D eigenvalue weighted by molar-refractivity contribution is 7.81. The number of fused-ring (bicyclic) bond motifs is 6. The summed E-state index contributed by atoms with van der Waals surface area (Å²) in [4.78, 5) is 24.9. The van der Waals surface area contributed by atoms with Crippen molar-refractivity contribution in [1.82, 2.24) is 0 Å². The largest absolute Gasteiger partial charge is 0.455 e. The van der Waals surface area contributed by atoms with Gasteiger partial charge in [-0.15, -0.1) is 0 Å². The third kappa shape index (κ3) is 6.47. The van der Waals surface area contributed by atoms with Crippen LogP contribution in [0.25, 0.3) is 71.7 Å². The molecule has 4 heterocycles. The fourth-order valence-corrected chi connectivity index (χ4v) is 7.83. The van der Waals surface area contributed by atoms with Gasteiger partial charge in [0.1, 0.15) is 28.1 Å². The van der Waals surface area contributed by atoms with Crippen molar-refractivity contribution in [3.05, 3.63) is 219 Å². The highest BCUT2D eigenvalue weighted by Gasteiger charge is 2.25. The summed E-state index contributed by atoms with van der Waals surface area (Å²) in [5.74, 6) is 1.28. The lowest BCUT2D eigenvalue weighted by atomic mass is 9.95. The molecule has 6 aromatic carbocycles. The normalized spacial score (nSPS) is 11.2. The van der Waals surface area contributed by atoms with E-state index in [2.05, 4.69) is 6.58 Å². The van der Waals surface area contributed by atoms with E-state index in [4.69, 9.17) is 29.9 Å². The fraction of sp³-hybridized carbons (Fsp3) is 0.0392. The molecule has 0 aliphatic carbocycles. The van der Waals surface area contributed by atoms with Gasteiger partial charge in [0.15, 0.2) is 5.76 Å². The van der Waals surface area contributed by atoms with E-state index in [1.807, 2.05) is 159 Å². The second kappa shape index (κ2) is 15.0. The first-order chi connectivity index (χ1) is 28.3. The molecule has 280 valence electrons. The van der Waals surface area contributed by atoms with Gasteiger partial charge in [-0.3, -0.25) is 0 Å². The highest BCUT2D eigenvalue weighted by atomic mass is 32.1. The van der Waals surface area contributed by atoms with E-state index in [0.29, 0.717) is 38.7 Å². The van der Waals surface area contributed by atoms with Crippen LogP contribution < -0.4 is 11.3 Å². The number of rotatable bonds is 6. The Morgan fingerprint density at radius 2 is 0.879 bits per heavy atom. The van der Waals surface area contributed by atoms with Crippen molar-refractivity contribution in [2.75, 3.05) is 0 Å². The van der Waals surface area contributed by atoms with E-state index in [-0.39, 0.29) is 11.3 Å². The van der Waals surface area contributed by atoms with Crippen LogP contribution in [0.2, 0.25) is 0 Å². The van der Waals surface area contributed by atoms with E-state index in [1.165, 1.54) is 12.1 Å². The summed E-state index contributed by atoms with van der Waals surface area (Å²) in [6.45, 7) is 8.13. The van der Waals surface area contributed by atoms with Crippen molar-refractivity contribution in [2.45, 2.75) is 13.8 Å². The minimum absolute atomic E-state index is 0.369. The maximum absolute atomic E-state index is 12.1. The Morgan fingerprint density at radius 1 is 0.483 bits per heavy atom. The number of furan rings is 2. The molecule has 0 amide bonds. The molecule has 10 aromatic rings. The molecular formula is C51H34O6S. The van der Waals surface area contributed by atoms with Crippen LogP contribution in [-0.2, 0) is 0 Å². The average Bonchev–Trinajstić information content (AvgIpc) is 3.85. The van der Waals surface area contributed by atoms with Crippen LogP contribution >= 0.6 is 12.2 Å². The molecule has 0 fully saturated rings. The standard InChI is InChI=1S/C26H18O3.C25H16O3S/c1-16-15-22(27)29-26-20(16)13-14-21-24(26)23(19-11-7-4-8-12-19)25(28-21)17(2)18-9-5-3-6-10-18;1-15-14-20(26)28-23-18(15)12-13-19-22(23)21(16-8-4-2-5-9-16)24(27-19)25(29)17-10-6-3-7-11-17/h3-15H,2H2,1H3;2-14H,1H3. The summed E-state index contributed by atoms with van der Waals surface area (Å²) in [6.07, 6.45) is 0. The maximum Gasteiger partial charge on any atom is 0.336 e. The molecule has 0 atom stereocenters. The third-order valence-electron chi connectivity index (χ3n) is 10.3. The second-order valence-corrected chi connectivity index (χ2v) is 14.4. The van der Waals surface area contributed by atoms with Crippen LogP contribution in [0, 0.1) is 13.8 Å². The quantitative estimate of drug-likeness (QED) is 0.0944. The zero-order valence-corrected chi connectivity index (χ0v) is 32.4. The topological polar surface area (TPSA) is 86.7 Å². The average molecular weight is 775 g/mol. The molecule has 0 saturated heterocycles. The van der Waals surface area contributed by atoms with Gasteiger partial charge in [-0.2, -0.15) is 0 Å². The van der Waals surface area contributed by atoms with Crippen LogP contribution in [0.4, 0.5) is 0 Å². The first-order valence-corrected chi connectivity index (χ1v) is 19.1. The van der Waals surface area contributed by atoms with Gasteiger partial charge in [0.2, 0.25) is 0 Å². The lowest BCUT2D eigenvalue weighted by Gasteiger charge is -2.08. The van der Waals surface area contributed by atoms with Gasteiger partial charge in [0, 0.05) is 39.6 Å². The maximum atomic E-state index is 12.1. The van der Waals surface area contributed by atoms with E-state index in [1.54, 1.807) is 0 Å². The highest BCUT2D eigenvalue weighted by Crippen LogP contribution is 2.44. The van der Waals surface area contributed by atoms with E-state index in [9.17, 15) is 9.59 Å². The van der Waals surface area contributed by atoms with E-state index in [0.717, 1.165) is 71.6 Å². The van der Waals surface area contributed by atoms with Crippen LogP contribution in [-0.4, -0.2) is 4.86 Å². The summed E-state index contributed by atoms with van der Waals surface area (Å²) in [6, 6.07) is 50.3. The summed E-state index contributed by atoms with van der Waals surface area (Å²) in [5, 5.41) is 3.34. The van der Waals surface area contributed by atoms with Crippen LogP contribution in [0.3, 0.4) is 0 Å². The van der Waals surface area contributed by atoms with E-state index >= 15 is 0 Å². The zero-order valence-electron chi connectivity index (χ0n) is 31.6. The Bertz CT molecular complexity index is 3080. The molecule has 0 aliphatic rings. The fourth-order valence-electron chi connectivity index (χ4n) is 7.55. The molecule has 0 radical (unpaired) electrons. The zero-order chi connectivity index (χ0) is 39.9. The van der Waals surface area contributed by atoms with Crippen molar-refractivity contribution in [3.8, 4) is 22.3 Å². The number of aryl methyl sites for hydroxylation is 2. The molecule has 0 unspecified atom stereocenters. The molecule has 0 N–H and O–H groups in total. The van der Waals surface area contributed by atoms with Gasteiger partial charge >= 0.3 is 11.3 Å². The van der Waals surface area contributed by atoms with Crippen molar-refractivity contribution in [2.24, 2.45) is 0 Å². The molecule has 6 nitrogen and oxygen atoms in total. The summed E-state index contributed by atoms with van der Waals surface area (Å²) < 4.78 is 23.9. The summed E-state index contributed by atoms with van der Waals surface area (Å²) in [7, 11) is 0. The molecule has 4 aromatic heterocycles. The molecule has 0 spiro atoms. The minimum Gasteiger partial charge on any atom is -0.455 e. The van der Waals surface area contributed by atoms with Gasteiger partial charge in [0.25, 0.3) is 0 Å². The molecule has 0 aliphatic heterocycles. The first-order valence-electron chi connectivity index (χ1n) is 18.7. The van der Waals surface area contributed by atoms with Gasteiger partial charge < -0.3 is 17.7 Å². The first kappa shape index (κ1) is 36.3. The van der Waals surface area contributed by atoms with Crippen molar-refractivity contribution in [1.29, 1.82) is 0 Å². The number of hydrogen-bond acceptors (Lipinski definition) is 7. The Hall–Kier alpha value is -7.35. The number of hydrogen-bond donors (Lipinski definition) is 0. The molecule has 0 saturated carbocycles. The number of thiocarbonyl (C=S) groups is 1. The lowest BCUT2D eigenvalue weighted by Crippen LogP contribution is -2.00. The van der Waals surface area contributed by atoms with Gasteiger partial charge in [-0.1, -0.05) is 140 Å². The van der Waals surface area contributed by atoms with Gasteiger partial charge in [-0.25, -0.2) is 9.59 Å². The Kier molecular flexibility index (Phi) is 9.36. The van der Waals surface area contributed by atoms with Crippen molar-refractivity contribution >= 4 is 66.5 Å². The van der Waals surface area contributed by atoms with Crippen molar-refractivity contribution < 1.29 is 17.7 Å². The molecule has 7 heteroatoms. The second-order valence-electron chi connectivity index (χ2n) is 14.0. The predicted octanol–water partition coefficient (Wildman–Crippen LogP) is 12.9. The Morgan fingerprint density at radius 3 is 1.34 bits per heavy atom. The molecule has 58 heavy (non-hydrogen) atoms. The van der Waals surface area contributed by atoms with Crippen LogP contribution in [0.15, 0.2) is 192 Å². The molecule has 10 rings (SSSR count). The monoisotopic (exact) mass is 774 g/mol. The SMILES string of the molecule is C=C(c1ccccc1)c1oc2ccc3c(C)cc(=O)oc3c2c1-c1ccccc1.Cc1cc(=O)oc2c1ccc1oc(C(=S)c3ccccc3)c(-c3ccccc3)c12. The smallest absolute Gasteiger partial charge is 0.336 e. The number of benzene rings is 6. The predicted molar refractivity (Wildman–Crippen MR) is 237 cm³/mol. The Labute approximate surface area is 337 Å². The molecular weight excluding hydrogens is 741 g/mol. The van der Waals surface area contributed by atoms with Crippen LogP contribution in [0.5, 0.6) is 0 Å². The van der Waals surface area contributed by atoms with Gasteiger partial charge in [0.05, 0.1) is 15.6 Å². The molecule has 0 bridgehead atoms. The Balaban J connectivity index is 0.000000150.